The van der Waals surface area contributed by atoms with Gasteiger partial charge in [0, 0.05) is 47.5 Å². The van der Waals surface area contributed by atoms with Crippen LogP contribution in [0.3, 0.4) is 0 Å². The molecule has 0 amide bonds. The molecule has 96 valence electrons. The lowest BCUT2D eigenvalue weighted by Gasteiger charge is -2.41. The van der Waals surface area contributed by atoms with Crippen LogP contribution in [0.1, 0.15) is 33.1 Å². The van der Waals surface area contributed by atoms with E-state index in [0.717, 1.165) is 12.2 Å². The Bertz CT molecular complexity index is 235. The number of piperidine rings is 1. The summed E-state index contributed by atoms with van der Waals surface area (Å²) in [5, 5.41) is 3.37. The third-order valence-electron chi connectivity index (χ3n) is 3.73. The second kappa shape index (κ2) is 6.72. The first kappa shape index (κ1) is 14.1. The average Bonchev–Trinajstić information content (AvgIpc) is 2.25. The Morgan fingerprint density at radius 2 is 2.25 bits per heavy atom. The lowest BCUT2D eigenvalue weighted by Crippen LogP contribution is -2.50. The molecule has 0 radical (unpaired) electrons. The van der Waals surface area contributed by atoms with Crippen LogP contribution < -0.4 is 5.32 Å². The molecule has 0 aromatic heterocycles. The van der Waals surface area contributed by atoms with E-state index in [1.165, 1.54) is 19.4 Å². The number of rotatable bonds is 5. The Morgan fingerprint density at radius 3 is 2.75 bits per heavy atom. The first-order chi connectivity index (χ1) is 7.54. The van der Waals surface area contributed by atoms with Gasteiger partial charge in [-0.25, -0.2) is 0 Å². The highest BCUT2D eigenvalue weighted by Crippen LogP contribution is 2.20. The Kier molecular flexibility index (Phi) is 5.94. The van der Waals surface area contributed by atoms with Gasteiger partial charge in [-0.05, 0) is 40.2 Å². The zero-order valence-corrected chi connectivity index (χ0v) is 11.8. The minimum Gasteiger partial charge on any atom is -0.317 e. The van der Waals surface area contributed by atoms with Crippen LogP contribution in [0.5, 0.6) is 0 Å². The van der Waals surface area contributed by atoms with Crippen molar-refractivity contribution in [3.8, 4) is 0 Å². The van der Waals surface area contributed by atoms with Crippen LogP contribution in [-0.4, -0.2) is 52.8 Å². The lowest BCUT2D eigenvalue weighted by atomic mass is 9.96. The number of hydrogen-bond donors (Lipinski definition) is 1. The maximum atomic E-state index is 11.1. The third kappa shape index (κ3) is 4.15. The SMILES string of the molecule is CNC1CCN(C(C)CCS(C)=O)C(C)C1. The smallest absolute Gasteiger partial charge is 0.0246 e. The second-order valence-corrected chi connectivity index (χ2v) is 6.57. The third-order valence-corrected chi connectivity index (χ3v) is 4.54. The summed E-state index contributed by atoms with van der Waals surface area (Å²) >= 11 is 0. The predicted octanol–water partition coefficient (Wildman–Crippen LogP) is 1.22. The molecule has 4 atom stereocenters. The molecule has 1 rings (SSSR count). The van der Waals surface area contributed by atoms with E-state index >= 15 is 0 Å². The van der Waals surface area contributed by atoms with E-state index in [1.54, 1.807) is 6.26 Å². The van der Waals surface area contributed by atoms with Gasteiger partial charge in [-0.15, -0.1) is 0 Å². The predicted molar refractivity (Wildman–Crippen MR) is 71.3 cm³/mol. The van der Waals surface area contributed by atoms with Crippen LogP contribution in [-0.2, 0) is 10.8 Å². The van der Waals surface area contributed by atoms with Gasteiger partial charge in [-0.2, -0.15) is 0 Å². The van der Waals surface area contributed by atoms with Crippen molar-refractivity contribution in [3.63, 3.8) is 0 Å². The van der Waals surface area contributed by atoms with E-state index in [9.17, 15) is 4.21 Å². The molecule has 16 heavy (non-hydrogen) atoms. The zero-order valence-electron chi connectivity index (χ0n) is 11.0. The van der Waals surface area contributed by atoms with Crippen LogP contribution in [0.15, 0.2) is 0 Å². The monoisotopic (exact) mass is 246 g/mol. The van der Waals surface area contributed by atoms with Gasteiger partial charge < -0.3 is 5.32 Å². The summed E-state index contributed by atoms with van der Waals surface area (Å²) in [6.07, 6.45) is 5.32. The minimum atomic E-state index is -0.649. The van der Waals surface area contributed by atoms with Crippen molar-refractivity contribution in [2.45, 2.75) is 51.2 Å². The number of nitrogens with one attached hydrogen (secondary N) is 1. The molecule has 0 bridgehead atoms. The maximum absolute atomic E-state index is 11.1. The lowest BCUT2D eigenvalue weighted by molar-refractivity contribution is 0.0959. The Balaban J connectivity index is 2.38. The van der Waals surface area contributed by atoms with Crippen LogP contribution in [0, 0.1) is 0 Å². The van der Waals surface area contributed by atoms with Gasteiger partial charge in [0.2, 0.25) is 0 Å². The maximum Gasteiger partial charge on any atom is 0.0246 e. The normalized spacial score (nSPS) is 31.2. The highest BCUT2D eigenvalue weighted by Gasteiger charge is 2.27. The van der Waals surface area contributed by atoms with E-state index in [-0.39, 0.29) is 0 Å². The van der Waals surface area contributed by atoms with Crippen molar-refractivity contribution in [1.29, 1.82) is 0 Å². The summed E-state index contributed by atoms with van der Waals surface area (Å²) in [6.45, 7) is 5.75. The van der Waals surface area contributed by atoms with E-state index < -0.39 is 10.8 Å². The Hall–Kier alpha value is 0.0700. The molecule has 0 aromatic rings. The van der Waals surface area contributed by atoms with E-state index in [4.69, 9.17) is 0 Å². The first-order valence-electron chi connectivity index (χ1n) is 6.27. The largest absolute Gasteiger partial charge is 0.317 e. The van der Waals surface area contributed by atoms with Crippen molar-refractivity contribution in [2.24, 2.45) is 0 Å². The fourth-order valence-electron chi connectivity index (χ4n) is 2.61. The van der Waals surface area contributed by atoms with Crippen LogP contribution in [0.25, 0.3) is 0 Å². The molecule has 0 saturated carbocycles. The van der Waals surface area contributed by atoms with Crippen LogP contribution in [0.2, 0.25) is 0 Å². The van der Waals surface area contributed by atoms with Gasteiger partial charge in [-0.1, -0.05) is 0 Å². The van der Waals surface area contributed by atoms with Crippen molar-refractivity contribution in [3.05, 3.63) is 0 Å². The molecule has 0 aliphatic carbocycles. The first-order valence-corrected chi connectivity index (χ1v) is 8.00. The standard InChI is InChI=1S/C12H26N2OS/c1-10(6-8-16(4)15)14-7-5-12(13-3)9-11(14)2/h10-13H,5-9H2,1-4H3. The van der Waals surface area contributed by atoms with Crippen molar-refractivity contribution < 1.29 is 4.21 Å². The molecule has 0 aromatic carbocycles. The number of hydrogen-bond acceptors (Lipinski definition) is 3. The second-order valence-electron chi connectivity index (χ2n) is 5.01. The van der Waals surface area contributed by atoms with Gasteiger partial charge in [0.15, 0.2) is 0 Å². The highest BCUT2D eigenvalue weighted by molar-refractivity contribution is 7.84. The molecule has 1 heterocycles. The summed E-state index contributed by atoms with van der Waals surface area (Å²) in [5.41, 5.74) is 0. The van der Waals surface area contributed by atoms with Crippen LogP contribution in [0.4, 0.5) is 0 Å². The minimum absolute atomic E-state index is 0.566. The summed E-state index contributed by atoms with van der Waals surface area (Å²) in [5.74, 6) is 0.833. The molecule has 4 unspecified atom stereocenters. The van der Waals surface area contributed by atoms with Crippen molar-refractivity contribution in [2.75, 3.05) is 25.6 Å². The highest BCUT2D eigenvalue weighted by atomic mass is 32.2. The van der Waals surface area contributed by atoms with Crippen LogP contribution >= 0.6 is 0 Å². The number of nitrogens with zero attached hydrogens (tertiary/aromatic N) is 1. The van der Waals surface area contributed by atoms with E-state index in [1.807, 2.05) is 0 Å². The van der Waals surface area contributed by atoms with Gasteiger partial charge in [-0.3, -0.25) is 9.11 Å². The molecule has 1 aliphatic rings. The zero-order chi connectivity index (χ0) is 12.1. The van der Waals surface area contributed by atoms with Gasteiger partial charge in [0.1, 0.15) is 0 Å². The Morgan fingerprint density at radius 1 is 1.56 bits per heavy atom. The molecule has 1 aliphatic heterocycles. The van der Waals surface area contributed by atoms with Gasteiger partial charge in [0.05, 0.1) is 0 Å². The number of likely N-dealkylation sites (tertiary alicyclic amines) is 1. The summed E-state index contributed by atoms with van der Waals surface area (Å²) in [6, 6.07) is 1.89. The molecule has 1 fully saturated rings. The fraction of sp³-hybridized carbons (Fsp3) is 1.00. The summed E-state index contributed by atoms with van der Waals surface area (Å²) in [7, 11) is 1.40. The van der Waals surface area contributed by atoms with Gasteiger partial charge in [0.25, 0.3) is 0 Å². The van der Waals surface area contributed by atoms with E-state index in [2.05, 4.69) is 31.1 Å². The summed E-state index contributed by atoms with van der Waals surface area (Å²) in [4.78, 5) is 2.57. The summed E-state index contributed by atoms with van der Waals surface area (Å²) < 4.78 is 11.1. The molecule has 1 saturated heterocycles. The van der Waals surface area contributed by atoms with Gasteiger partial charge >= 0.3 is 0 Å². The molecular formula is C12H26N2OS. The Labute approximate surface area is 102 Å². The molecular weight excluding hydrogens is 220 g/mol. The topological polar surface area (TPSA) is 32.3 Å². The fourth-order valence-corrected chi connectivity index (χ4v) is 3.28. The van der Waals surface area contributed by atoms with Crippen molar-refractivity contribution >= 4 is 10.8 Å². The molecule has 1 N–H and O–H groups in total. The molecule has 3 nitrogen and oxygen atoms in total. The molecule has 0 spiro atoms. The average molecular weight is 246 g/mol. The molecule has 4 heteroatoms. The van der Waals surface area contributed by atoms with E-state index in [0.29, 0.717) is 18.1 Å². The van der Waals surface area contributed by atoms with Crippen molar-refractivity contribution in [1.82, 2.24) is 10.2 Å². The quantitative estimate of drug-likeness (QED) is 0.791.